The van der Waals surface area contributed by atoms with Crippen molar-refractivity contribution in [3.63, 3.8) is 0 Å². The number of carbonyl (C=O) groups is 1. The maximum absolute atomic E-state index is 13.7. The van der Waals surface area contributed by atoms with Crippen LogP contribution >= 0.6 is 0 Å². The highest BCUT2D eigenvalue weighted by Crippen LogP contribution is 2.37. The summed E-state index contributed by atoms with van der Waals surface area (Å²) in [7, 11) is 0. The molecule has 36 heavy (non-hydrogen) atoms. The summed E-state index contributed by atoms with van der Waals surface area (Å²) in [5.74, 6) is 0.715. The maximum Gasteiger partial charge on any atom is 0.418 e. The second-order valence-electron chi connectivity index (χ2n) is 8.85. The molecular formula is C25H23F3N6O2. The molecule has 2 aromatic carbocycles. The first kappa shape index (κ1) is 24.7. The molecule has 0 atom stereocenters. The molecule has 4 rings (SSSR count). The SMILES string of the molecule is CC(C)(C)c1ccccc1Oc1ncccc1NC(=O)Nc1ccc(-n2cncn2)c(C(F)(F)F)c1. The number of pyridine rings is 1. The Balaban J connectivity index is 1.55. The van der Waals surface area contributed by atoms with E-state index in [1.165, 1.54) is 18.3 Å². The van der Waals surface area contributed by atoms with Gasteiger partial charge in [-0.1, -0.05) is 39.0 Å². The van der Waals surface area contributed by atoms with Gasteiger partial charge in [0, 0.05) is 17.4 Å². The molecule has 2 N–H and O–H groups in total. The molecule has 0 radical (unpaired) electrons. The van der Waals surface area contributed by atoms with Crippen molar-refractivity contribution in [2.45, 2.75) is 32.4 Å². The molecule has 0 saturated heterocycles. The molecule has 0 saturated carbocycles. The van der Waals surface area contributed by atoms with E-state index in [1.54, 1.807) is 18.2 Å². The van der Waals surface area contributed by atoms with Crippen LogP contribution in [0.25, 0.3) is 5.69 Å². The average molecular weight is 496 g/mol. The summed E-state index contributed by atoms with van der Waals surface area (Å²) in [6, 6.07) is 13.3. The molecule has 11 heteroatoms. The number of benzene rings is 2. The van der Waals surface area contributed by atoms with Gasteiger partial charge < -0.3 is 15.4 Å². The van der Waals surface area contributed by atoms with Crippen LogP contribution in [0.4, 0.5) is 29.3 Å². The minimum absolute atomic E-state index is 0.0619. The standard InChI is InChI=1S/C25H23F3N6O2/c1-24(2,3)17-7-4-5-9-21(17)36-22-19(8-6-12-30-22)33-23(35)32-16-10-11-20(34-15-29-14-31-34)18(13-16)25(26,27)28/h4-15H,1-3H3,(H2,32,33,35). The summed E-state index contributed by atoms with van der Waals surface area (Å²) in [4.78, 5) is 20.6. The van der Waals surface area contributed by atoms with Crippen molar-refractivity contribution < 1.29 is 22.7 Å². The lowest BCUT2D eigenvalue weighted by Crippen LogP contribution is -2.21. The smallest absolute Gasteiger partial charge is 0.418 e. The Labute approximate surface area is 205 Å². The molecule has 0 aliphatic rings. The van der Waals surface area contributed by atoms with E-state index in [-0.39, 0.29) is 28.4 Å². The fourth-order valence-corrected chi connectivity index (χ4v) is 3.50. The highest BCUT2D eigenvalue weighted by Gasteiger charge is 2.34. The Bertz CT molecular complexity index is 1360. The minimum Gasteiger partial charge on any atom is -0.437 e. The van der Waals surface area contributed by atoms with Crippen LogP contribution in [0.2, 0.25) is 0 Å². The maximum atomic E-state index is 13.7. The summed E-state index contributed by atoms with van der Waals surface area (Å²) < 4.78 is 48.0. The third-order valence-electron chi connectivity index (χ3n) is 5.15. The molecule has 0 aliphatic carbocycles. The largest absolute Gasteiger partial charge is 0.437 e. The van der Waals surface area contributed by atoms with Gasteiger partial charge in [0.25, 0.3) is 0 Å². The lowest BCUT2D eigenvalue weighted by molar-refractivity contribution is -0.137. The number of ether oxygens (including phenoxy) is 1. The first-order valence-electron chi connectivity index (χ1n) is 10.9. The second kappa shape index (κ2) is 9.68. The topological polar surface area (TPSA) is 94.0 Å². The number of carbonyl (C=O) groups excluding carboxylic acids is 1. The van der Waals surface area contributed by atoms with Gasteiger partial charge in [0.2, 0.25) is 5.88 Å². The lowest BCUT2D eigenvalue weighted by atomic mass is 9.86. The number of nitrogens with zero attached hydrogens (tertiary/aromatic N) is 4. The van der Waals surface area contributed by atoms with Crippen molar-refractivity contribution in [3.8, 4) is 17.3 Å². The number of hydrogen-bond acceptors (Lipinski definition) is 5. The molecule has 2 aromatic heterocycles. The highest BCUT2D eigenvalue weighted by molar-refractivity contribution is 6.00. The Hall–Kier alpha value is -4.41. The Morgan fingerprint density at radius 3 is 2.44 bits per heavy atom. The molecule has 2 heterocycles. The zero-order chi connectivity index (χ0) is 25.9. The van der Waals surface area contributed by atoms with Crippen LogP contribution in [0.1, 0.15) is 31.9 Å². The van der Waals surface area contributed by atoms with Crippen LogP contribution in [-0.4, -0.2) is 25.8 Å². The summed E-state index contributed by atoms with van der Waals surface area (Å²) in [6.07, 6.45) is -0.879. The van der Waals surface area contributed by atoms with E-state index in [9.17, 15) is 18.0 Å². The van der Waals surface area contributed by atoms with Gasteiger partial charge in [0.15, 0.2) is 0 Å². The third-order valence-corrected chi connectivity index (χ3v) is 5.15. The second-order valence-corrected chi connectivity index (χ2v) is 8.85. The molecule has 0 unspecified atom stereocenters. The number of halogens is 3. The number of hydrogen-bond donors (Lipinski definition) is 2. The number of amides is 2. The van der Waals surface area contributed by atoms with Crippen LogP contribution in [0.5, 0.6) is 11.6 Å². The minimum atomic E-state index is -4.68. The van der Waals surface area contributed by atoms with Gasteiger partial charge in [-0.2, -0.15) is 18.3 Å². The number of alkyl halides is 3. The third kappa shape index (κ3) is 5.62. The van der Waals surface area contributed by atoms with Crippen molar-refractivity contribution in [1.82, 2.24) is 19.7 Å². The summed E-state index contributed by atoms with van der Waals surface area (Å²) in [6.45, 7) is 6.14. The van der Waals surface area contributed by atoms with E-state index in [2.05, 4.69) is 25.7 Å². The van der Waals surface area contributed by atoms with Crippen LogP contribution in [0.15, 0.2) is 73.4 Å². The van der Waals surface area contributed by atoms with Gasteiger partial charge in [0.1, 0.15) is 24.1 Å². The van der Waals surface area contributed by atoms with Gasteiger partial charge in [0.05, 0.1) is 11.3 Å². The number of anilines is 2. The summed E-state index contributed by atoms with van der Waals surface area (Å²) in [5.41, 5.74) is -0.271. The predicted octanol–water partition coefficient (Wildman–Crippen LogP) is 6.41. The monoisotopic (exact) mass is 496 g/mol. The van der Waals surface area contributed by atoms with E-state index in [1.807, 2.05) is 39.0 Å². The summed E-state index contributed by atoms with van der Waals surface area (Å²) >= 11 is 0. The van der Waals surface area contributed by atoms with E-state index in [4.69, 9.17) is 4.74 Å². The first-order chi connectivity index (χ1) is 17.0. The Morgan fingerprint density at radius 1 is 0.972 bits per heavy atom. The average Bonchev–Trinajstić information content (AvgIpc) is 3.34. The molecule has 186 valence electrons. The molecule has 0 aliphatic heterocycles. The zero-order valence-electron chi connectivity index (χ0n) is 19.7. The Kier molecular flexibility index (Phi) is 6.65. The van der Waals surface area contributed by atoms with Gasteiger partial charge in [-0.3, -0.25) is 0 Å². The predicted molar refractivity (Wildman–Crippen MR) is 128 cm³/mol. The number of nitrogens with one attached hydrogen (secondary N) is 2. The molecule has 0 bridgehead atoms. The fourth-order valence-electron chi connectivity index (χ4n) is 3.50. The van der Waals surface area contributed by atoms with Crippen molar-refractivity contribution in [1.29, 1.82) is 0 Å². The van der Waals surface area contributed by atoms with Crippen molar-refractivity contribution in [2.75, 3.05) is 10.6 Å². The fraction of sp³-hybridized carbons (Fsp3) is 0.200. The quantitative estimate of drug-likeness (QED) is 0.333. The van der Waals surface area contributed by atoms with Crippen LogP contribution in [-0.2, 0) is 11.6 Å². The van der Waals surface area contributed by atoms with Crippen LogP contribution in [0, 0.1) is 0 Å². The van der Waals surface area contributed by atoms with Gasteiger partial charge in [-0.25, -0.2) is 19.4 Å². The normalized spacial score (nSPS) is 11.7. The van der Waals surface area contributed by atoms with E-state index in [0.29, 0.717) is 5.75 Å². The number of urea groups is 1. The van der Waals surface area contributed by atoms with Crippen LogP contribution in [0.3, 0.4) is 0 Å². The van der Waals surface area contributed by atoms with Crippen molar-refractivity contribution in [3.05, 3.63) is 84.6 Å². The molecule has 4 aromatic rings. The number of rotatable bonds is 5. The molecule has 0 spiro atoms. The summed E-state index contributed by atoms with van der Waals surface area (Å²) in [5, 5.41) is 8.77. The van der Waals surface area contributed by atoms with Crippen molar-refractivity contribution in [2.24, 2.45) is 0 Å². The van der Waals surface area contributed by atoms with Crippen LogP contribution < -0.4 is 15.4 Å². The molecular weight excluding hydrogens is 473 g/mol. The number of para-hydroxylation sites is 1. The molecule has 2 amide bonds. The first-order valence-corrected chi connectivity index (χ1v) is 10.9. The number of aromatic nitrogens is 4. The zero-order valence-corrected chi connectivity index (χ0v) is 19.7. The van der Waals surface area contributed by atoms with Gasteiger partial charge in [-0.15, -0.1) is 0 Å². The van der Waals surface area contributed by atoms with Gasteiger partial charge in [-0.05, 0) is 41.8 Å². The van der Waals surface area contributed by atoms with Gasteiger partial charge >= 0.3 is 12.2 Å². The van der Waals surface area contributed by atoms with Crippen molar-refractivity contribution >= 4 is 17.4 Å². The Morgan fingerprint density at radius 2 is 1.75 bits per heavy atom. The van der Waals surface area contributed by atoms with E-state index in [0.717, 1.165) is 29.0 Å². The van der Waals surface area contributed by atoms with E-state index < -0.39 is 17.8 Å². The molecule has 0 fully saturated rings. The molecule has 8 nitrogen and oxygen atoms in total. The highest BCUT2D eigenvalue weighted by atomic mass is 19.4. The van der Waals surface area contributed by atoms with E-state index >= 15 is 0 Å². The lowest BCUT2D eigenvalue weighted by Gasteiger charge is -2.22.